The van der Waals surface area contributed by atoms with E-state index in [1.54, 1.807) is 0 Å². The Morgan fingerprint density at radius 2 is 1.09 bits per heavy atom. The highest BCUT2D eigenvalue weighted by atomic mass is 16.3. The van der Waals surface area contributed by atoms with Gasteiger partial charge in [0.1, 0.15) is 22.3 Å². The summed E-state index contributed by atoms with van der Waals surface area (Å²) in [7, 11) is 2.18. The van der Waals surface area contributed by atoms with Gasteiger partial charge in [-0.3, -0.25) is 0 Å². The van der Waals surface area contributed by atoms with Crippen molar-refractivity contribution < 1.29 is 8.83 Å². The van der Waals surface area contributed by atoms with E-state index in [0.717, 1.165) is 28.9 Å². The van der Waals surface area contributed by atoms with Gasteiger partial charge in [-0.1, -0.05) is 99.2 Å². The lowest BCUT2D eigenvalue weighted by atomic mass is 9.81. The van der Waals surface area contributed by atoms with Crippen molar-refractivity contribution in [3.63, 3.8) is 0 Å². The summed E-state index contributed by atoms with van der Waals surface area (Å²) in [5, 5.41) is 10.1. The molecule has 12 rings (SSSR count). The van der Waals surface area contributed by atoms with Crippen LogP contribution in [0, 0.1) is 0 Å². The summed E-state index contributed by atoms with van der Waals surface area (Å²) < 4.78 is 18.9. The first-order chi connectivity index (χ1) is 26.7. The second kappa shape index (κ2) is 11.8. The maximum absolute atomic E-state index is 7.11. The average molecular weight is 705 g/mol. The Morgan fingerprint density at radius 3 is 1.85 bits per heavy atom. The molecule has 2 aliphatic carbocycles. The number of aryl methyl sites for hydroxylation is 1. The van der Waals surface area contributed by atoms with Crippen molar-refractivity contribution >= 4 is 87.5 Å². The third-order valence-electron chi connectivity index (χ3n) is 13.6. The third-order valence-corrected chi connectivity index (χ3v) is 13.6. The maximum Gasteiger partial charge on any atom is 0.145 e. The average Bonchev–Trinajstić information content (AvgIpc) is 3.96. The van der Waals surface area contributed by atoms with E-state index < -0.39 is 0 Å². The van der Waals surface area contributed by atoms with Gasteiger partial charge < -0.3 is 18.0 Å². The number of hydrogen-bond donors (Lipinski definition) is 0. The molecule has 0 aliphatic heterocycles. The minimum Gasteiger partial charge on any atom is -0.455 e. The van der Waals surface area contributed by atoms with Gasteiger partial charge in [-0.25, -0.2) is 0 Å². The Morgan fingerprint density at radius 1 is 0.481 bits per heavy atom. The highest BCUT2D eigenvalue weighted by Crippen LogP contribution is 2.48. The highest BCUT2D eigenvalue weighted by Gasteiger charge is 2.27. The van der Waals surface area contributed by atoms with Crippen molar-refractivity contribution in [2.75, 3.05) is 0 Å². The Balaban J connectivity index is 1.12. The first-order valence-electron chi connectivity index (χ1n) is 20.4. The van der Waals surface area contributed by atoms with Crippen molar-refractivity contribution in [3.8, 4) is 0 Å². The van der Waals surface area contributed by atoms with Crippen LogP contribution in [0.2, 0.25) is 0 Å². The fraction of sp³-hybridized carbons (Fsp3) is 0.280. The zero-order chi connectivity index (χ0) is 35.5. The fourth-order valence-electron chi connectivity index (χ4n) is 11.1. The smallest absolute Gasteiger partial charge is 0.145 e. The van der Waals surface area contributed by atoms with E-state index in [-0.39, 0.29) is 0 Å². The van der Waals surface area contributed by atoms with E-state index in [9.17, 15) is 0 Å². The topological polar surface area (TPSA) is 36.1 Å². The molecule has 0 spiro atoms. The third kappa shape index (κ3) is 4.37. The van der Waals surface area contributed by atoms with Crippen LogP contribution in [-0.2, 0) is 13.6 Å². The van der Waals surface area contributed by atoms with Crippen LogP contribution in [0.3, 0.4) is 0 Å². The molecule has 0 unspecified atom stereocenters. The first kappa shape index (κ1) is 30.9. The number of furan rings is 2. The molecular weight excluding hydrogens is 661 g/mol. The molecule has 4 aromatic heterocycles. The predicted octanol–water partition coefficient (Wildman–Crippen LogP) is 14.4. The largest absolute Gasteiger partial charge is 0.455 e. The second-order valence-electron chi connectivity index (χ2n) is 16.5. The Kier molecular flexibility index (Phi) is 6.73. The van der Waals surface area contributed by atoms with E-state index in [2.05, 4.69) is 119 Å². The van der Waals surface area contributed by atoms with Gasteiger partial charge in [0.05, 0.1) is 21.8 Å². The van der Waals surface area contributed by atoms with Gasteiger partial charge >= 0.3 is 0 Å². The molecule has 2 aliphatic rings. The van der Waals surface area contributed by atoms with Crippen LogP contribution in [-0.4, -0.2) is 9.13 Å². The molecule has 0 bridgehead atoms. The molecule has 0 N–H and O–H groups in total. The molecule has 6 aromatic carbocycles. The van der Waals surface area contributed by atoms with Gasteiger partial charge in [0.15, 0.2) is 0 Å². The monoisotopic (exact) mass is 704 g/mol. The summed E-state index contributed by atoms with van der Waals surface area (Å²) in [5.74, 6) is 1.09. The Hall–Kier alpha value is -5.48. The molecule has 2 fully saturated rings. The molecule has 4 heteroatoms. The van der Waals surface area contributed by atoms with Crippen molar-refractivity contribution in [2.24, 2.45) is 7.05 Å². The molecule has 4 nitrogen and oxygen atoms in total. The van der Waals surface area contributed by atoms with Crippen LogP contribution in [0.5, 0.6) is 0 Å². The number of para-hydroxylation sites is 3. The molecular formula is C50H44N2O2. The molecule has 54 heavy (non-hydrogen) atoms. The molecule has 0 atom stereocenters. The van der Waals surface area contributed by atoms with Crippen LogP contribution in [0.15, 0.2) is 112 Å². The van der Waals surface area contributed by atoms with Gasteiger partial charge in [0.25, 0.3) is 0 Å². The quantitative estimate of drug-likeness (QED) is 0.183. The zero-order valence-corrected chi connectivity index (χ0v) is 31.0. The molecule has 4 heterocycles. The fourth-order valence-corrected chi connectivity index (χ4v) is 11.1. The maximum atomic E-state index is 7.11. The van der Waals surface area contributed by atoms with E-state index in [1.165, 1.54) is 146 Å². The lowest BCUT2D eigenvalue weighted by Gasteiger charge is -2.24. The van der Waals surface area contributed by atoms with Crippen molar-refractivity contribution in [3.05, 3.63) is 120 Å². The van der Waals surface area contributed by atoms with Gasteiger partial charge in [-0.15, -0.1) is 0 Å². The second-order valence-corrected chi connectivity index (χ2v) is 16.5. The van der Waals surface area contributed by atoms with Gasteiger partial charge in [-0.05, 0) is 96.7 Å². The normalized spacial score (nSPS) is 16.5. The first-order valence-corrected chi connectivity index (χ1v) is 20.4. The molecule has 2 saturated carbocycles. The molecule has 10 aromatic rings. The SMILES string of the molecule is Cn1c2ccccc2c2c3oc4cc(Cn5c6ccccc6c6c7oc8ccccc8c7c(C7CCCCC7)cc65)cc(C5CCCCC5)c4c3ccc21. The van der Waals surface area contributed by atoms with Crippen LogP contribution in [0.1, 0.15) is 92.7 Å². The van der Waals surface area contributed by atoms with Crippen LogP contribution in [0.4, 0.5) is 0 Å². The van der Waals surface area contributed by atoms with Crippen LogP contribution in [0.25, 0.3) is 87.5 Å². The number of hydrogen-bond acceptors (Lipinski definition) is 2. The van der Waals surface area contributed by atoms with E-state index >= 15 is 0 Å². The Bertz CT molecular complexity index is 3120. The van der Waals surface area contributed by atoms with Gasteiger partial charge in [0.2, 0.25) is 0 Å². The van der Waals surface area contributed by atoms with Gasteiger partial charge in [0, 0.05) is 56.9 Å². The van der Waals surface area contributed by atoms with Crippen molar-refractivity contribution in [1.82, 2.24) is 9.13 Å². The number of nitrogens with zero attached hydrogens (tertiary/aromatic N) is 2. The summed E-state index contributed by atoms with van der Waals surface area (Å²) in [6.45, 7) is 0.774. The number of rotatable bonds is 4. The van der Waals surface area contributed by atoms with E-state index in [1.807, 2.05) is 0 Å². The summed E-state index contributed by atoms with van der Waals surface area (Å²) in [5.41, 5.74) is 13.3. The molecule has 0 radical (unpaired) electrons. The summed E-state index contributed by atoms with van der Waals surface area (Å²) >= 11 is 0. The van der Waals surface area contributed by atoms with Crippen LogP contribution >= 0.6 is 0 Å². The summed E-state index contributed by atoms with van der Waals surface area (Å²) in [4.78, 5) is 0. The number of fused-ring (bicyclic) bond motifs is 14. The number of benzene rings is 6. The zero-order valence-electron chi connectivity index (χ0n) is 31.0. The van der Waals surface area contributed by atoms with E-state index in [0.29, 0.717) is 11.8 Å². The summed E-state index contributed by atoms with van der Waals surface area (Å²) in [6.07, 6.45) is 12.9. The number of aromatic nitrogens is 2. The minimum atomic E-state index is 0.538. The molecule has 266 valence electrons. The van der Waals surface area contributed by atoms with Crippen molar-refractivity contribution in [2.45, 2.75) is 82.6 Å². The van der Waals surface area contributed by atoms with Crippen molar-refractivity contribution in [1.29, 1.82) is 0 Å². The molecule has 0 saturated heterocycles. The Labute approximate surface area is 313 Å². The predicted molar refractivity (Wildman–Crippen MR) is 225 cm³/mol. The lowest BCUT2D eigenvalue weighted by Crippen LogP contribution is -2.07. The standard InChI is InChI=1S/C50H44N2O2/c1-51-39-21-11-8-18-33(39)47-41(51)25-24-36-45-37(31-14-4-2-5-15-31)26-30(27-44(45)54-49(36)47)29-52-40-22-12-9-19-34(40)48-42(52)28-38(32-16-6-3-7-17-32)46-35-20-10-13-23-43(35)53-50(46)48/h8-13,18-28,31-32H,2-7,14-17,29H2,1H3. The lowest BCUT2D eigenvalue weighted by molar-refractivity contribution is 0.445. The molecule has 0 amide bonds. The van der Waals surface area contributed by atoms with Crippen LogP contribution < -0.4 is 0 Å². The highest BCUT2D eigenvalue weighted by molar-refractivity contribution is 6.25. The van der Waals surface area contributed by atoms with Gasteiger partial charge in [-0.2, -0.15) is 0 Å². The summed E-state index contributed by atoms with van der Waals surface area (Å²) in [6, 6.07) is 38.6. The minimum absolute atomic E-state index is 0.538. The van der Waals surface area contributed by atoms with E-state index in [4.69, 9.17) is 8.83 Å².